The number of para-hydroxylation sites is 1. The molecular weight excluding hydrogens is 284 g/mol. The molecule has 102 valence electrons. The summed E-state index contributed by atoms with van der Waals surface area (Å²) < 4.78 is 1.01. The molecule has 0 atom stereocenters. The van der Waals surface area contributed by atoms with Gasteiger partial charge in [-0.3, -0.25) is 9.89 Å². The molecular formula is C15H10N4OS. The van der Waals surface area contributed by atoms with Gasteiger partial charge in [0.1, 0.15) is 0 Å². The molecule has 0 aliphatic carbocycles. The number of aromatic nitrogens is 3. The van der Waals surface area contributed by atoms with Gasteiger partial charge in [0.15, 0.2) is 5.01 Å². The van der Waals surface area contributed by atoms with Gasteiger partial charge in [-0.2, -0.15) is 5.10 Å². The fourth-order valence-corrected chi connectivity index (χ4v) is 3.03. The number of rotatable bonds is 2. The summed E-state index contributed by atoms with van der Waals surface area (Å²) in [5.74, 6) is -0.199. The van der Waals surface area contributed by atoms with Gasteiger partial charge in [-0.1, -0.05) is 12.1 Å². The second-order valence-electron chi connectivity index (χ2n) is 4.61. The minimum absolute atomic E-state index is 0.199. The third kappa shape index (κ3) is 2.15. The van der Waals surface area contributed by atoms with Crippen molar-refractivity contribution in [1.82, 2.24) is 15.2 Å². The first-order valence-corrected chi connectivity index (χ1v) is 7.21. The number of benzene rings is 2. The zero-order valence-electron chi connectivity index (χ0n) is 10.8. The number of H-pyrrole nitrogens is 1. The van der Waals surface area contributed by atoms with E-state index in [0.717, 1.165) is 26.8 Å². The van der Waals surface area contributed by atoms with Crippen molar-refractivity contribution in [1.29, 1.82) is 0 Å². The van der Waals surface area contributed by atoms with Gasteiger partial charge in [0.25, 0.3) is 5.91 Å². The number of fused-ring (bicyclic) bond motifs is 2. The first-order valence-electron chi connectivity index (χ1n) is 6.40. The Morgan fingerprint density at radius 3 is 3.00 bits per heavy atom. The van der Waals surface area contributed by atoms with Gasteiger partial charge in [0.2, 0.25) is 0 Å². The maximum Gasteiger partial charge on any atom is 0.284 e. The molecule has 2 aromatic carbocycles. The largest absolute Gasteiger partial charge is 0.320 e. The number of nitrogens with zero attached hydrogens (tertiary/aromatic N) is 2. The van der Waals surface area contributed by atoms with Crippen molar-refractivity contribution in [2.75, 3.05) is 5.32 Å². The highest BCUT2D eigenvalue weighted by molar-refractivity contribution is 7.20. The van der Waals surface area contributed by atoms with Gasteiger partial charge in [0, 0.05) is 11.1 Å². The molecule has 0 saturated carbocycles. The summed E-state index contributed by atoms with van der Waals surface area (Å²) in [6.45, 7) is 0. The van der Waals surface area contributed by atoms with Crippen LogP contribution in [0, 0.1) is 0 Å². The number of hydrogen-bond donors (Lipinski definition) is 2. The summed E-state index contributed by atoms with van der Waals surface area (Å²) in [5.41, 5.74) is 2.45. The molecule has 2 N–H and O–H groups in total. The van der Waals surface area contributed by atoms with Crippen LogP contribution in [-0.2, 0) is 0 Å². The molecule has 0 bridgehead atoms. The maximum atomic E-state index is 12.3. The Bertz CT molecular complexity index is 923. The lowest BCUT2D eigenvalue weighted by Gasteiger charge is -2.02. The molecule has 0 fully saturated rings. The van der Waals surface area contributed by atoms with E-state index in [1.807, 2.05) is 42.5 Å². The van der Waals surface area contributed by atoms with Gasteiger partial charge >= 0.3 is 0 Å². The number of carbonyl (C=O) groups is 1. The van der Waals surface area contributed by atoms with E-state index in [1.165, 1.54) is 11.3 Å². The van der Waals surface area contributed by atoms with Crippen LogP contribution in [0.2, 0.25) is 0 Å². The van der Waals surface area contributed by atoms with E-state index in [-0.39, 0.29) is 5.91 Å². The second kappa shape index (κ2) is 4.68. The molecule has 5 nitrogen and oxygen atoms in total. The first-order chi connectivity index (χ1) is 10.3. The normalized spacial score (nSPS) is 11.0. The minimum Gasteiger partial charge on any atom is -0.320 e. The highest BCUT2D eigenvalue weighted by Gasteiger charge is 2.12. The predicted molar refractivity (Wildman–Crippen MR) is 83.7 cm³/mol. The van der Waals surface area contributed by atoms with Crippen LogP contribution in [0.5, 0.6) is 0 Å². The number of thiazole rings is 1. The molecule has 4 rings (SSSR count). The van der Waals surface area contributed by atoms with Gasteiger partial charge in [0.05, 0.1) is 21.9 Å². The van der Waals surface area contributed by atoms with E-state index in [1.54, 1.807) is 6.20 Å². The molecule has 0 radical (unpaired) electrons. The number of carbonyl (C=O) groups excluding carboxylic acids is 1. The number of amides is 1. The summed E-state index contributed by atoms with van der Waals surface area (Å²) >= 11 is 1.39. The fourth-order valence-electron chi connectivity index (χ4n) is 2.17. The van der Waals surface area contributed by atoms with Crippen molar-refractivity contribution in [3.63, 3.8) is 0 Å². The van der Waals surface area contributed by atoms with E-state index in [2.05, 4.69) is 20.5 Å². The molecule has 21 heavy (non-hydrogen) atoms. The average molecular weight is 294 g/mol. The first kappa shape index (κ1) is 12.0. The third-order valence-electron chi connectivity index (χ3n) is 3.19. The van der Waals surface area contributed by atoms with E-state index in [9.17, 15) is 4.79 Å². The van der Waals surface area contributed by atoms with Crippen molar-refractivity contribution in [3.05, 3.63) is 53.7 Å². The van der Waals surface area contributed by atoms with Crippen molar-refractivity contribution in [3.8, 4) is 0 Å². The minimum atomic E-state index is -0.199. The standard InChI is InChI=1S/C15H10N4OS/c20-14(15-18-11-3-1-2-4-13(11)21-15)17-10-6-5-9-8-16-19-12(9)7-10/h1-8H,(H,16,19)(H,17,20). The number of anilines is 1. The zero-order chi connectivity index (χ0) is 14.2. The zero-order valence-corrected chi connectivity index (χ0v) is 11.6. The van der Waals surface area contributed by atoms with Crippen LogP contribution in [-0.4, -0.2) is 21.1 Å². The topological polar surface area (TPSA) is 70.7 Å². The van der Waals surface area contributed by atoms with Gasteiger partial charge in [-0.25, -0.2) is 4.98 Å². The van der Waals surface area contributed by atoms with Crippen LogP contribution >= 0.6 is 11.3 Å². The molecule has 2 heterocycles. The van der Waals surface area contributed by atoms with E-state index >= 15 is 0 Å². The monoisotopic (exact) mass is 294 g/mol. The molecule has 0 aliphatic rings. The fraction of sp³-hybridized carbons (Fsp3) is 0. The van der Waals surface area contributed by atoms with E-state index in [0.29, 0.717) is 5.01 Å². The van der Waals surface area contributed by atoms with Crippen LogP contribution in [0.3, 0.4) is 0 Å². The predicted octanol–water partition coefficient (Wildman–Crippen LogP) is 3.42. The summed E-state index contributed by atoms with van der Waals surface area (Å²) in [7, 11) is 0. The molecule has 2 aromatic heterocycles. The summed E-state index contributed by atoms with van der Waals surface area (Å²) in [5, 5.41) is 11.2. The van der Waals surface area contributed by atoms with Crippen LogP contribution in [0.1, 0.15) is 9.80 Å². The molecule has 6 heteroatoms. The third-order valence-corrected chi connectivity index (χ3v) is 4.22. The smallest absolute Gasteiger partial charge is 0.284 e. The molecule has 0 aliphatic heterocycles. The Morgan fingerprint density at radius 1 is 1.19 bits per heavy atom. The lowest BCUT2D eigenvalue weighted by molar-refractivity contribution is 0.102. The van der Waals surface area contributed by atoms with Crippen LogP contribution in [0.25, 0.3) is 21.1 Å². The summed E-state index contributed by atoms with van der Waals surface area (Å²) in [6, 6.07) is 13.3. The van der Waals surface area contributed by atoms with Crippen LogP contribution < -0.4 is 5.32 Å². The second-order valence-corrected chi connectivity index (χ2v) is 5.64. The lowest BCUT2D eigenvalue weighted by Crippen LogP contribution is -2.11. The van der Waals surface area contributed by atoms with Crippen LogP contribution in [0.4, 0.5) is 5.69 Å². The molecule has 1 amide bonds. The molecule has 0 saturated heterocycles. The Labute approximate surface area is 123 Å². The van der Waals surface area contributed by atoms with Crippen molar-refractivity contribution in [2.45, 2.75) is 0 Å². The lowest BCUT2D eigenvalue weighted by atomic mass is 10.2. The summed E-state index contributed by atoms with van der Waals surface area (Å²) in [6.07, 6.45) is 1.74. The maximum absolute atomic E-state index is 12.3. The van der Waals surface area contributed by atoms with E-state index < -0.39 is 0 Å². The quantitative estimate of drug-likeness (QED) is 0.595. The highest BCUT2D eigenvalue weighted by atomic mass is 32.1. The Balaban J connectivity index is 1.64. The van der Waals surface area contributed by atoms with E-state index in [4.69, 9.17) is 0 Å². The Morgan fingerprint density at radius 2 is 2.10 bits per heavy atom. The molecule has 0 unspecified atom stereocenters. The number of aromatic amines is 1. The van der Waals surface area contributed by atoms with Gasteiger partial charge < -0.3 is 5.32 Å². The number of nitrogens with one attached hydrogen (secondary N) is 2. The number of hydrogen-bond acceptors (Lipinski definition) is 4. The Kier molecular flexibility index (Phi) is 2.68. The molecule has 0 spiro atoms. The van der Waals surface area contributed by atoms with Crippen molar-refractivity contribution in [2.24, 2.45) is 0 Å². The van der Waals surface area contributed by atoms with Crippen LogP contribution in [0.15, 0.2) is 48.7 Å². The van der Waals surface area contributed by atoms with Crippen molar-refractivity contribution >= 4 is 44.1 Å². The molecule has 4 aromatic rings. The van der Waals surface area contributed by atoms with Crippen molar-refractivity contribution < 1.29 is 4.79 Å². The highest BCUT2D eigenvalue weighted by Crippen LogP contribution is 2.23. The van der Waals surface area contributed by atoms with Gasteiger partial charge in [-0.15, -0.1) is 11.3 Å². The van der Waals surface area contributed by atoms with Gasteiger partial charge in [-0.05, 0) is 30.3 Å². The average Bonchev–Trinajstić information content (AvgIpc) is 3.13. The SMILES string of the molecule is O=C(Nc1ccc2cn[nH]c2c1)c1nc2ccccc2s1. The summed E-state index contributed by atoms with van der Waals surface area (Å²) in [4.78, 5) is 16.6. The Hall–Kier alpha value is -2.73.